The third-order valence-electron chi connectivity index (χ3n) is 4.43. The highest BCUT2D eigenvalue weighted by Gasteiger charge is 2.17. The molecule has 2 aromatic rings. The normalized spacial score (nSPS) is 12.1. The maximum Gasteiger partial charge on any atom is 0.321 e. The Labute approximate surface area is 148 Å². The zero-order valence-electron chi connectivity index (χ0n) is 15.0. The molecule has 2 aromatic carbocycles. The third kappa shape index (κ3) is 3.71. The van der Waals surface area contributed by atoms with E-state index in [4.69, 9.17) is 9.47 Å². The topological polar surface area (TPSA) is 50.8 Å². The van der Waals surface area contributed by atoms with E-state index in [-0.39, 0.29) is 12.8 Å². The lowest BCUT2D eigenvalue weighted by Crippen LogP contribution is -2.31. The molecule has 5 heteroatoms. The number of para-hydroxylation sites is 1. The highest BCUT2D eigenvalue weighted by molar-refractivity contribution is 5.91. The molecule has 5 nitrogen and oxygen atoms in total. The summed E-state index contributed by atoms with van der Waals surface area (Å²) in [5, 5.41) is 3.08. The van der Waals surface area contributed by atoms with Gasteiger partial charge < -0.3 is 19.7 Å². The molecule has 1 aliphatic heterocycles. The molecule has 0 radical (unpaired) electrons. The highest BCUT2D eigenvalue weighted by Crippen LogP contribution is 2.32. The molecule has 0 unspecified atom stereocenters. The lowest BCUT2D eigenvalue weighted by atomic mass is 10.0. The Morgan fingerprint density at radius 1 is 1.08 bits per heavy atom. The van der Waals surface area contributed by atoms with E-state index in [9.17, 15) is 4.79 Å². The number of benzene rings is 2. The number of nitrogens with one attached hydrogen (secondary N) is 1. The van der Waals surface area contributed by atoms with E-state index in [1.165, 1.54) is 0 Å². The van der Waals surface area contributed by atoms with E-state index < -0.39 is 0 Å². The van der Waals surface area contributed by atoms with Crippen molar-refractivity contribution in [3.8, 4) is 11.5 Å². The van der Waals surface area contributed by atoms with Crippen molar-refractivity contribution in [2.24, 2.45) is 0 Å². The van der Waals surface area contributed by atoms with Crippen molar-refractivity contribution >= 4 is 11.7 Å². The molecule has 25 heavy (non-hydrogen) atoms. The predicted molar refractivity (Wildman–Crippen MR) is 98.2 cm³/mol. The summed E-state index contributed by atoms with van der Waals surface area (Å²) in [4.78, 5) is 14.3. The van der Waals surface area contributed by atoms with Gasteiger partial charge in [-0.3, -0.25) is 0 Å². The monoisotopic (exact) mass is 340 g/mol. The first-order valence-electron chi connectivity index (χ1n) is 8.63. The maximum absolute atomic E-state index is 12.6. The SMILES string of the molecule is CCc1cccc(CC)c1NC(=O)N(C)Cc1ccc2c(c1)OCO2. The van der Waals surface area contributed by atoms with Gasteiger partial charge >= 0.3 is 6.03 Å². The molecular formula is C20H24N2O3. The predicted octanol–water partition coefficient (Wildman–Crippen LogP) is 4.20. The van der Waals surface area contributed by atoms with E-state index in [1.807, 2.05) is 24.3 Å². The summed E-state index contributed by atoms with van der Waals surface area (Å²) < 4.78 is 10.7. The van der Waals surface area contributed by atoms with Gasteiger partial charge in [-0.2, -0.15) is 0 Å². The van der Waals surface area contributed by atoms with Crippen LogP contribution in [0.5, 0.6) is 11.5 Å². The standard InChI is InChI=1S/C20H24N2O3/c1-4-15-7-6-8-16(5-2)19(15)21-20(23)22(3)12-14-9-10-17-18(11-14)25-13-24-17/h6-11H,4-5,12-13H2,1-3H3,(H,21,23). The van der Waals surface area contributed by atoms with Crippen LogP contribution in [-0.4, -0.2) is 24.8 Å². The average molecular weight is 340 g/mol. The minimum atomic E-state index is -0.117. The van der Waals surface area contributed by atoms with Gasteiger partial charge in [-0.15, -0.1) is 0 Å². The first kappa shape index (κ1) is 17.1. The number of carbonyl (C=O) groups is 1. The van der Waals surface area contributed by atoms with Crippen LogP contribution in [0, 0.1) is 0 Å². The molecule has 1 heterocycles. The molecule has 0 bridgehead atoms. The van der Waals surface area contributed by atoms with Crippen molar-refractivity contribution < 1.29 is 14.3 Å². The second-order valence-electron chi connectivity index (χ2n) is 6.13. The van der Waals surface area contributed by atoms with Crippen LogP contribution >= 0.6 is 0 Å². The van der Waals surface area contributed by atoms with E-state index in [2.05, 4.69) is 31.3 Å². The Bertz CT molecular complexity index is 751. The molecule has 0 atom stereocenters. The molecule has 0 aromatic heterocycles. The van der Waals surface area contributed by atoms with Crippen molar-refractivity contribution in [2.45, 2.75) is 33.2 Å². The van der Waals surface area contributed by atoms with Crippen LogP contribution < -0.4 is 14.8 Å². The molecule has 0 saturated heterocycles. The summed E-state index contributed by atoms with van der Waals surface area (Å²) in [5.74, 6) is 1.48. The largest absolute Gasteiger partial charge is 0.454 e. The van der Waals surface area contributed by atoms with Gasteiger partial charge in [0, 0.05) is 19.3 Å². The van der Waals surface area contributed by atoms with E-state index in [1.54, 1.807) is 11.9 Å². The second-order valence-corrected chi connectivity index (χ2v) is 6.13. The fourth-order valence-corrected chi connectivity index (χ4v) is 2.99. The van der Waals surface area contributed by atoms with Crippen molar-refractivity contribution in [2.75, 3.05) is 19.2 Å². The number of rotatable bonds is 5. The van der Waals surface area contributed by atoms with E-state index >= 15 is 0 Å². The molecular weight excluding hydrogens is 316 g/mol. The van der Waals surface area contributed by atoms with Crippen molar-refractivity contribution in [1.82, 2.24) is 4.90 Å². The van der Waals surface area contributed by atoms with Crippen LogP contribution in [-0.2, 0) is 19.4 Å². The van der Waals surface area contributed by atoms with Crippen molar-refractivity contribution in [3.63, 3.8) is 0 Å². The summed E-state index contributed by atoms with van der Waals surface area (Å²) in [6, 6.07) is 11.8. The van der Waals surface area contributed by atoms with Gasteiger partial charge in [0.2, 0.25) is 6.79 Å². The number of nitrogens with zero attached hydrogens (tertiary/aromatic N) is 1. The summed E-state index contributed by atoms with van der Waals surface area (Å²) in [6.45, 7) is 4.95. The highest BCUT2D eigenvalue weighted by atomic mass is 16.7. The number of aryl methyl sites for hydroxylation is 2. The van der Waals surface area contributed by atoms with Crippen LogP contribution in [0.4, 0.5) is 10.5 Å². The molecule has 2 amide bonds. The first-order valence-corrected chi connectivity index (χ1v) is 8.63. The molecule has 0 aliphatic carbocycles. The molecule has 1 aliphatic rings. The number of carbonyl (C=O) groups excluding carboxylic acids is 1. The minimum absolute atomic E-state index is 0.117. The quantitative estimate of drug-likeness (QED) is 0.887. The van der Waals surface area contributed by atoms with Crippen LogP contribution in [0.15, 0.2) is 36.4 Å². The Morgan fingerprint density at radius 3 is 2.44 bits per heavy atom. The Kier molecular flexibility index (Phi) is 5.12. The molecule has 1 N–H and O–H groups in total. The number of ether oxygens (including phenoxy) is 2. The Morgan fingerprint density at radius 2 is 1.76 bits per heavy atom. The van der Waals surface area contributed by atoms with Gasteiger partial charge in [0.05, 0.1) is 0 Å². The van der Waals surface area contributed by atoms with E-state index in [0.29, 0.717) is 6.54 Å². The van der Waals surface area contributed by atoms with Gasteiger partial charge in [-0.25, -0.2) is 4.79 Å². The fourth-order valence-electron chi connectivity index (χ4n) is 2.99. The van der Waals surface area contributed by atoms with Crippen LogP contribution in [0.25, 0.3) is 0 Å². The summed E-state index contributed by atoms with van der Waals surface area (Å²) in [5.41, 5.74) is 4.25. The smallest absolute Gasteiger partial charge is 0.321 e. The lowest BCUT2D eigenvalue weighted by Gasteiger charge is -2.21. The summed E-state index contributed by atoms with van der Waals surface area (Å²) in [7, 11) is 1.79. The zero-order valence-corrected chi connectivity index (χ0v) is 15.0. The minimum Gasteiger partial charge on any atom is -0.454 e. The third-order valence-corrected chi connectivity index (χ3v) is 4.43. The molecule has 0 fully saturated rings. The lowest BCUT2D eigenvalue weighted by molar-refractivity contribution is 0.174. The summed E-state index contributed by atoms with van der Waals surface area (Å²) >= 11 is 0. The van der Waals surface area contributed by atoms with Crippen molar-refractivity contribution in [3.05, 3.63) is 53.1 Å². The maximum atomic E-state index is 12.6. The van der Waals surface area contributed by atoms with Gasteiger partial charge in [0.1, 0.15) is 0 Å². The van der Waals surface area contributed by atoms with Crippen LogP contribution in [0.2, 0.25) is 0 Å². The number of hydrogen-bond donors (Lipinski definition) is 1. The van der Waals surface area contributed by atoms with Gasteiger partial charge in [0.25, 0.3) is 0 Å². The van der Waals surface area contributed by atoms with E-state index in [0.717, 1.165) is 46.7 Å². The Balaban J connectivity index is 1.71. The van der Waals surface area contributed by atoms with Crippen LogP contribution in [0.1, 0.15) is 30.5 Å². The number of urea groups is 1. The van der Waals surface area contributed by atoms with Gasteiger partial charge in [-0.1, -0.05) is 38.1 Å². The van der Waals surface area contributed by atoms with Gasteiger partial charge in [-0.05, 0) is 41.7 Å². The summed E-state index contributed by atoms with van der Waals surface area (Å²) in [6.07, 6.45) is 1.77. The number of hydrogen-bond acceptors (Lipinski definition) is 3. The molecule has 0 saturated carbocycles. The second kappa shape index (κ2) is 7.47. The number of fused-ring (bicyclic) bond motifs is 1. The van der Waals surface area contributed by atoms with Crippen LogP contribution in [0.3, 0.4) is 0 Å². The number of anilines is 1. The Hall–Kier alpha value is -2.69. The molecule has 0 spiro atoms. The average Bonchev–Trinajstić information content (AvgIpc) is 3.09. The first-order chi connectivity index (χ1) is 12.1. The fraction of sp³-hybridized carbons (Fsp3) is 0.350. The molecule has 132 valence electrons. The van der Waals surface area contributed by atoms with Crippen molar-refractivity contribution in [1.29, 1.82) is 0 Å². The zero-order chi connectivity index (χ0) is 17.8. The molecule has 3 rings (SSSR count). The van der Waals surface area contributed by atoms with Gasteiger partial charge in [0.15, 0.2) is 11.5 Å². The number of amides is 2.